The molecule has 0 saturated heterocycles. The van der Waals surface area contributed by atoms with Gasteiger partial charge in [-0.1, -0.05) is 187 Å². The normalized spacial score (nSPS) is 11.6. The van der Waals surface area contributed by atoms with Gasteiger partial charge in [-0.3, -0.25) is 14.5 Å². The average molecular weight is 875 g/mol. The first-order valence-corrected chi connectivity index (χ1v) is 22.9. The van der Waals surface area contributed by atoms with E-state index in [2.05, 4.69) is 161 Å². The van der Waals surface area contributed by atoms with Crippen molar-refractivity contribution in [3.8, 4) is 0 Å². The molecule has 320 valence electrons. The quantitative estimate of drug-likeness (QED) is 0.0300. The fourth-order valence-electron chi connectivity index (χ4n) is 7.96. The largest absolute Gasteiger partial charge is 0.434 e. The number of carbonyl (C=O) groups is 2. The van der Waals surface area contributed by atoms with Crippen LogP contribution in [-0.2, 0) is 25.6 Å². The maximum absolute atomic E-state index is 13.9. The lowest BCUT2D eigenvalue weighted by Gasteiger charge is -2.36. The Labute approximate surface area is 377 Å². The van der Waals surface area contributed by atoms with Crippen molar-refractivity contribution < 1.29 is 14.5 Å². The molecule has 0 aliphatic heterocycles. The minimum absolute atomic E-state index is 0.00183. The number of thioether (sulfide) groups is 2. The Kier molecular flexibility index (Phi) is 15.6. The Bertz CT molecular complexity index is 2300. The number of nitrogens with one attached hydrogen (secondary N) is 2. The predicted octanol–water partition coefficient (Wildman–Crippen LogP) is 8.78. The number of aromatic nitrogens is 2. The summed E-state index contributed by atoms with van der Waals surface area (Å²) in [4.78, 5) is 43.9. The molecule has 1 aromatic heterocycles. The standard InChI is InChI=1S/C51H50N6O4S2/c58-47(52-31-34-56-35-32-54-49(56)57(60)61)39-55(36-38-63-51(44-25-13-4-14-26-44,45-27-15-5-16-28-45)46-29-17-6-18-30-46)40-48(59)53-33-37-62-50(41-19-7-1-8-20-41,42-21-9-2-10-22-42)43-23-11-3-12-24-43/h1-30,32,35H,31,33-34,36-40H2,(H,52,58)(H,53,59). The molecule has 0 atom stereocenters. The molecule has 1 heterocycles. The summed E-state index contributed by atoms with van der Waals surface area (Å²) >= 11 is 3.54. The van der Waals surface area contributed by atoms with Gasteiger partial charge in [0.05, 0.1) is 29.1 Å². The van der Waals surface area contributed by atoms with Crippen molar-refractivity contribution in [3.63, 3.8) is 0 Å². The maximum atomic E-state index is 13.9. The zero-order valence-corrected chi connectivity index (χ0v) is 36.5. The van der Waals surface area contributed by atoms with Crippen molar-refractivity contribution in [2.75, 3.05) is 44.2 Å². The number of imidazole rings is 1. The van der Waals surface area contributed by atoms with E-state index in [1.165, 1.54) is 17.0 Å². The van der Waals surface area contributed by atoms with Crippen LogP contribution >= 0.6 is 23.5 Å². The van der Waals surface area contributed by atoms with Crippen molar-refractivity contribution in [3.05, 3.63) is 238 Å². The molecule has 10 nitrogen and oxygen atoms in total. The lowest BCUT2D eigenvalue weighted by molar-refractivity contribution is -0.396. The van der Waals surface area contributed by atoms with Gasteiger partial charge in [0.1, 0.15) is 12.4 Å². The van der Waals surface area contributed by atoms with Crippen molar-refractivity contribution in [1.82, 2.24) is 25.1 Å². The highest BCUT2D eigenvalue weighted by molar-refractivity contribution is 8.00. The van der Waals surface area contributed by atoms with Gasteiger partial charge in [-0.15, -0.1) is 23.5 Å². The highest BCUT2D eigenvalue weighted by Gasteiger charge is 2.38. The van der Waals surface area contributed by atoms with Crippen LogP contribution in [0.4, 0.5) is 5.95 Å². The van der Waals surface area contributed by atoms with Gasteiger partial charge in [-0.2, -0.15) is 0 Å². The van der Waals surface area contributed by atoms with E-state index < -0.39 is 14.4 Å². The van der Waals surface area contributed by atoms with E-state index in [1.807, 2.05) is 41.3 Å². The van der Waals surface area contributed by atoms with E-state index in [4.69, 9.17) is 0 Å². The molecule has 0 aliphatic rings. The molecule has 0 fully saturated rings. The fraction of sp³-hybridized carbons (Fsp3) is 0.196. The van der Waals surface area contributed by atoms with E-state index in [0.717, 1.165) is 33.4 Å². The number of benzene rings is 6. The summed E-state index contributed by atoms with van der Waals surface area (Å²) in [5.74, 6) is 0.446. The summed E-state index contributed by atoms with van der Waals surface area (Å²) in [6, 6.07) is 62.7. The highest BCUT2D eigenvalue weighted by atomic mass is 32.2. The molecule has 0 unspecified atom stereocenters. The third-order valence-corrected chi connectivity index (χ3v) is 13.9. The Hall–Kier alpha value is -6.47. The molecule has 0 bridgehead atoms. The van der Waals surface area contributed by atoms with E-state index in [0.29, 0.717) is 24.6 Å². The molecule has 63 heavy (non-hydrogen) atoms. The summed E-state index contributed by atoms with van der Waals surface area (Å²) in [6.07, 6.45) is 2.88. The van der Waals surface area contributed by atoms with Gasteiger partial charge in [-0.25, -0.2) is 4.57 Å². The number of rotatable bonds is 22. The zero-order chi connectivity index (χ0) is 43.7. The number of hydrogen-bond donors (Lipinski definition) is 2. The summed E-state index contributed by atoms with van der Waals surface area (Å²) in [7, 11) is 0. The molecule has 12 heteroatoms. The summed E-state index contributed by atoms with van der Waals surface area (Å²) in [5, 5.41) is 17.5. The van der Waals surface area contributed by atoms with E-state index >= 15 is 0 Å². The second kappa shape index (κ2) is 22.1. The molecular formula is C51H50N6O4S2. The first-order chi connectivity index (χ1) is 30.9. The third kappa shape index (κ3) is 11.0. The minimum Gasteiger partial charge on any atom is -0.390 e. The van der Waals surface area contributed by atoms with Gasteiger partial charge in [0.15, 0.2) is 0 Å². The number of carbonyl (C=O) groups excluding carboxylic acids is 2. The Morgan fingerprint density at radius 2 is 0.905 bits per heavy atom. The molecule has 2 N–H and O–H groups in total. The number of nitro groups is 1. The van der Waals surface area contributed by atoms with Crippen LogP contribution in [0.3, 0.4) is 0 Å². The number of amides is 2. The second-order valence-electron chi connectivity index (χ2n) is 14.8. The molecule has 0 aliphatic carbocycles. The molecule has 0 saturated carbocycles. The van der Waals surface area contributed by atoms with Gasteiger partial charge < -0.3 is 20.7 Å². The van der Waals surface area contributed by atoms with Crippen LogP contribution in [0.2, 0.25) is 0 Å². The predicted molar refractivity (Wildman–Crippen MR) is 255 cm³/mol. The van der Waals surface area contributed by atoms with Crippen LogP contribution in [0, 0.1) is 10.1 Å². The van der Waals surface area contributed by atoms with Crippen LogP contribution in [0.1, 0.15) is 33.4 Å². The molecular weight excluding hydrogens is 825 g/mol. The highest BCUT2D eigenvalue weighted by Crippen LogP contribution is 2.49. The van der Waals surface area contributed by atoms with Crippen LogP contribution in [0.5, 0.6) is 0 Å². The Balaban J connectivity index is 1.08. The van der Waals surface area contributed by atoms with Crippen molar-refractivity contribution in [2.24, 2.45) is 0 Å². The molecule has 2 amide bonds. The Morgan fingerprint density at radius 3 is 1.27 bits per heavy atom. The molecule has 7 aromatic rings. The van der Waals surface area contributed by atoms with E-state index in [9.17, 15) is 19.7 Å². The monoisotopic (exact) mass is 874 g/mol. The SMILES string of the molecule is O=C(CN(CCSC(c1ccccc1)(c1ccccc1)c1ccccc1)CC(=O)NCCn1ccnc1[N+](=O)[O-])NCCSC(c1ccccc1)(c1ccccc1)c1ccccc1. The maximum Gasteiger partial charge on any atom is 0.434 e. The van der Waals surface area contributed by atoms with Crippen molar-refractivity contribution in [1.29, 1.82) is 0 Å². The summed E-state index contributed by atoms with van der Waals surface area (Å²) < 4.78 is 0.299. The van der Waals surface area contributed by atoms with Gasteiger partial charge in [0, 0.05) is 31.1 Å². The molecule has 0 radical (unpaired) electrons. The zero-order valence-electron chi connectivity index (χ0n) is 34.9. The second-order valence-corrected chi connectivity index (χ2v) is 17.5. The van der Waals surface area contributed by atoms with Gasteiger partial charge in [0.25, 0.3) is 0 Å². The van der Waals surface area contributed by atoms with Crippen LogP contribution < -0.4 is 10.6 Å². The van der Waals surface area contributed by atoms with Crippen LogP contribution in [0.25, 0.3) is 0 Å². The Morgan fingerprint density at radius 1 is 0.556 bits per heavy atom. The molecule has 6 aromatic carbocycles. The fourth-order valence-corrected chi connectivity index (χ4v) is 10.9. The van der Waals surface area contributed by atoms with Crippen molar-refractivity contribution in [2.45, 2.75) is 16.0 Å². The lowest BCUT2D eigenvalue weighted by Crippen LogP contribution is -2.45. The number of nitrogens with zero attached hydrogens (tertiary/aromatic N) is 4. The average Bonchev–Trinajstić information content (AvgIpc) is 3.81. The minimum atomic E-state index is -0.570. The smallest absolute Gasteiger partial charge is 0.390 e. The van der Waals surface area contributed by atoms with E-state index in [1.54, 1.807) is 23.5 Å². The number of hydrogen-bond acceptors (Lipinski definition) is 8. The first-order valence-electron chi connectivity index (χ1n) is 20.9. The molecule has 0 spiro atoms. The van der Waals surface area contributed by atoms with E-state index in [-0.39, 0.29) is 43.9 Å². The summed E-state index contributed by atoms with van der Waals surface area (Å²) in [6.45, 7) is 1.15. The topological polar surface area (TPSA) is 122 Å². The lowest BCUT2D eigenvalue weighted by atomic mass is 9.84. The third-order valence-electron chi connectivity index (χ3n) is 10.8. The van der Waals surface area contributed by atoms with Crippen molar-refractivity contribution >= 4 is 41.3 Å². The first kappa shape index (κ1) is 44.6. The van der Waals surface area contributed by atoms with Gasteiger partial charge >= 0.3 is 5.95 Å². The van der Waals surface area contributed by atoms with Gasteiger partial charge in [-0.05, 0) is 38.3 Å². The molecule has 7 rings (SSSR count). The van der Waals surface area contributed by atoms with Gasteiger partial charge in [0.2, 0.25) is 11.8 Å². The van der Waals surface area contributed by atoms with Crippen LogP contribution in [0.15, 0.2) is 194 Å². The summed E-state index contributed by atoms with van der Waals surface area (Å²) in [5.41, 5.74) is 6.81. The van der Waals surface area contributed by atoms with Crippen LogP contribution in [-0.4, -0.2) is 75.4 Å².